The van der Waals surface area contributed by atoms with Crippen molar-refractivity contribution < 1.29 is 48.0 Å². The first kappa shape index (κ1) is 35.7. The number of likely N-dealkylation sites (N-methyl/N-ethyl adjacent to an activating group) is 1. The Kier molecular flexibility index (Phi) is 9.00. The summed E-state index contributed by atoms with van der Waals surface area (Å²) in [6, 6.07) is 8.42. The molecule has 11 heteroatoms. The van der Waals surface area contributed by atoms with Crippen LogP contribution in [0.25, 0.3) is 0 Å². The molecule has 0 aliphatic heterocycles. The van der Waals surface area contributed by atoms with Crippen LogP contribution in [0.15, 0.2) is 42.5 Å². The summed E-state index contributed by atoms with van der Waals surface area (Å²) < 4.78 is 24.7. The van der Waals surface area contributed by atoms with Crippen molar-refractivity contribution in [3.05, 3.63) is 48.0 Å². The molecule has 0 unspecified atom stereocenters. The lowest BCUT2D eigenvalue weighted by molar-refractivity contribution is -0.194. The number of ether oxygens (including phenoxy) is 4. The van der Waals surface area contributed by atoms with Crippen LogP contribution in [0.5, 0.6) is 0 Å². The summed E-state index contributed by atoms with van der Waals surface area (Å²) in [5, 5.41) is 11.4. The standard InChI is InChI=1S/C37H49NO10/c1-19-26(42)18-25-30(45-21(3)39)37-20(2)27(48-33(44)29(43)28(38(9)10)24-14-12-11-13-15-24)16-17-35(37,8)31(46-22(4)40)32(47-23(5)41)36(19,37)34(25,6)7/h11-15,19,25,27-32,43H,2,16-18H2,1,3-10H3/t19-,25+,27+,28-,29-,30-,31+,32-,35-,36-,37-/m0/s1. The summed E-state index contributed by atoms with van der Waals surface area (Å²) in [6.45, 7) is 16.1. The molecule has 11 nitrogen and oxygen atoms in total. The Morgan fingerprint density at radius 1 is 0.896 bits per heavy atom. The summed E-state index contributed by atoms with van der Waals surface area (Å²) in [5.41, 5.74) is -3.48. The topological polar surface area (TPSA) is 146 Å². The van der Waals surface area contributed by atoms with Gasteiger partial charge in [0.05, 0.1) is 11.5 Å². The van der Waals surface area contributed by atoms with Gasteiger partial charge in [-0.3, -0.25) is 24.1 Å². The van der Waals surface area contributed by atoms with Crippen molar-refractivity contribution in [1.29, 1.82) is 0 Å². The monoisotopic (exact) mass is 667 g/mol. The van der Waals surface area contributed by atoms with Crippen LogP contribution in [0, 0.1) is 33.5 Å². The van der Waals surface area contributed by atoms with Gasteiger partial charge in [0.25, 0.3) is 0 Å². The molecule has 5 rings (SSSR count). The number of hydrogen-bond donors (Lipinski definition) is 1. The Hall–Kier alpha value is -3.57. The van der Waals surface area contributed by atoms with E-state index in [0.717, 1.165) is 5.56 Å². The number of hydrogen-bond acceptors (Lipinski definition) is 11. The van der Waals surface area contributed by atoms with Gasteiger partial charge in [-0.05, 0) is 43.5 Å². The van der Waals surface area contributed by atoms with Gasteiger partial charge in [-0.2, -0.15) is 0 Å². The second kappa shape index (κ2) is 12.1. The molecule has 0 amide bonds. The van der Waals surface area contributed by atoms with E-state index in [0.29, 0.717) is 5.57 Å². The van der Waals surface area contributed by atoms with Gasteiger partial charge in [0.15, 0.2) is 6.10 Å². The van der Waals surface area contributed by atoms with Crippen molar-refractivity contribution in [3.63, 3.8) is 0 Å². The van der Waals surface area contributed by atoms with Gasteiger partial charge in [0, 0.05) is 49.9 Å². The van der Waals surface area contributed by atoms with Crippen molar-refractivity contribution in [2.24, 2.45) is 33.5 Å². The maximum atomic E-state index is 14.0. The summed E-state index contributed by atoms with van der Waals surface area (Å²) >= 11 is 0. The number of carbonyl (C=O) groups excluding carboxylic acids is 5. The zero-order valence-corrected chi connectivity index (χ0v) is 29.4. The fourth-order valence-electron chi connectivity index (χ4n) is 11.0. The Bertz CT molecular complexity index is 1520. The van der Waals surface area contributed by atoms with Crippen LogP contribution < -0.4 is 0 Å². The minimum absolute atomic E-state index is 0.102. The Morgan fingerprint density at radius 2 is 1.44 bits per heavy atom. The first-order valence-corrected chi connectivity index (χ1v) is 16.7. The maximum Gasteiger partial charge on any atom is 0.337 e. The molecule has 0 heterocycles. The number of benzene rings is 1. The quantitative estimate of drug-likeness (QED) is 0.244. The highest BCUT2D eigenvalue weighted by Gasteiger charge is 2.92. The van der Waals surface area contributed by atoms with Gasteiger partial charge in [-0.15, -0.1) is 0 Å². The highest BCUT2D eigenvalue weighted by molar-refractivity contribution is 5.86. The zero-order valence-electron chi connectivity index (χ0n) is 29.4. The van der Waals surface area contributed by atoms with Crippen molar-refractivity contribution in [1.82, 2.24) is 4.90 Å². The van der Waals surface area contributed by atoms with Gasteiger partial charge in [-0.1, -0.05) is 64.6 Å². The van der Waals surface area contributed by atoms with Crippen molar-refractivity contribution >= 4 is 29.7 Å². The zero-order chi connectivity index (χ0) is 35.7. The van der Waals surface area contributed by atoms with Crippen LogP contribution in [-0.4, -0.2) is 84.3 Å². The fourth-order valence-corrected chi connectivity index (χ4v) is 11.0. The van der Waals surface area contributed by atoms with Crippen LogP contribution >= 0.6 is 0 Å². The second-order valence-electron chi connectivity index (χ2n) is 15.2. The lowest BCUT2D eigenvalue weighted by Gasteiger charge is -2.60. The Balaban J connectivity index is 1.71. The SMILES string of the molecule is C=C1[C@H](OC(=O)[C@@H](O)[C@H](c2ccccc2)N(C)C)CC[C@@]2(C)[C@H](OC(C)=O)[C@H](OC(C)=O)[C@]34[C@@H](C)C(=O)C[C@H]([C@H](OC(C)=O)[C@]132)C4(C)C. The molecule has 2 bridgehead atoms. The second-order valence-corrected chi connectivity index (χ2v) is 15.2. The minimum Gasteiger partial charge on any atom is -0.461 e. The van der Waals surface area contributed by atoms with E-state index in [1.807, 2.05) is 51.1 Å². The van der Waals surface area contributed by atoms with Crippen molar-refractivity contribution in [2.45, 2.75) is 104 Å². The molecule has 262 valence electrons. The van der Waals surface area contributed by atoms with E-state index < -0.39 is 93.9 Å². The van der Waals surface area contributed by atoms with Crippen LogP contribution in [0.1, 0.15) is 79.3 Å². The molecule has 4 aliphatic rings. The number of nitrogens with zero attached hydrogens (tertiary/aromatic N) is 1. The largest absolute Gasteiger partial charge is 0.461 e. The Morgan fingerprint density at radius 3 is 1.98 bits per heavy atom. The van der Waals surface area contributed by atoms with Crippen LogP contribution in [0.2, 0.25) is 0 Å². The summed E-state index contributed by atoms with van der Waals surface area (Å²) in [7, 11) is 3.52. The van der Waals surface area contributed by atoms with E-state index in [4.69, 9.17) is 18.9 Å². The first-order valence-electron chi connectivity index (χ1n) is 16.7. The molecular formula is C37H49NO10. The van der Waals surface area contributed by atoms with Gasteiger partial charge in [0.2, 0.25) is 0 Å². The number of carbonyl (C=O) groups is 5. The van der Waals surface area contributed by atoms with Crippen LogP contribution in [-0.2, 0) is 42.9 Å². The average Bonchev–Trinajstić information content (AvgIpc) is 3.23. The number of rotatable bonds is 8. The molecule has 1 aromatic rings. The molecule has 2 spiro atoms. The Labute approximate surface area is 282 Å². The number of esters is 4. The normalized spacial score (nSPS) is 37.6. The molecule has 48 heavy (non-hydrogen) atoms. The minimum atomic E-state index is -1.56. The molecule has 4 saturated carbocycles. The van der Waals surface area contributed by atoms with Crippen molar-refractivity contribution in [2.75, 3.05) is 14.1 Å². The number of fused-ring (bicyclic) bond motifs is 1. The van der Waals surface area contributed by atoms with E-state index in [2.05, 4.69) is 6.58 Å². The fraction of sp³-hybridized carbons (Fsp3) is 0.649. The number of aliphatic hydroxyl groups is 1. The van der Waals surface area contributed by atoms with E-state index in [1.165, 1.54) is 20.8 Å². The molecule has 0 radical (unpaired) electrons. The molecule has 11 atom stereocenters. The van der Waals surface area contributed by atoms with Gasteiger partial charge < -0.3 is 24.1 Å². The highest BCUT2D eigenvalue weighted by atomic mass is 16.6. The van der Waals surface area contributed by atoms with Gasteiger partial charge in [0.1, 0.15) is 30.2 Å². The third kappa shape index (κ3) is 4.63. The molecule has 1 aromatic carbocycles. The molecular weight excluding hydrogens is 618 g/mol. The lowest BCUT2D eigenvalue weighted by Crippen LogP contribution is -2.63. The molecule has 0 saturated heterocycles. The number of ketones is 1. The summed E-state index contributed by atoms with van der Waals surface area (Å²) in [4.78, 5) is 68.2. The molecule has 0 aromatic heterocycles. The number of Topliss-reactive ketones (excluding diaryl/α,β-unsaturated/α-hetero) is 1. The van der Waals surface area contributed by atoms with Crippen molar-refractivity contribution in [3.8, 4) is 0 Å². The smallest absolute Gasteiger partial charge is 0.337 e. The van der Waals surface area contributed by atoms with Crippen LogP contribution in [0.3, 0.4) is 0 Å². The van der Waals surface area contributed by atoms with Gasteiger partial charge in [-0.25, -0.2) is 4.79 Å². The maximum absolute atomic E-state index is 14.0. The summed E-state index contributed by atoms with van der Waals surface area (Å²) in [6.07, 6.45) is -5.04. The predicted molar refractivity (Wildman–Crippen MR) is 173 cm³/mol. The molecule has 1 N–H and O–H groups in total. The predicted octanol–water partition coefficient (Wildman–Crippen LogP) is 3.96. The number of aliphatic hydroxyl groups excluding tert-OH is 1. The van der Waals surface area contributed by atoms with E-state index in [-0.39, 0.29) is 25.0 Å². The molecule has 4 aliphatic carbocycles. The first-order chi connectivity index (χ1) is 22.3. The third-order valence-electron chi connectivity index (χ3n) is 12.5. The van der Waals surface area contributed by atoms with E-state index in [9.17, 15) is 29.1 Å². The van der Waals surface area contributed by atoms with Crippen LogP contribution in [0.4, 0.5) is 0 Å². The van der Waals surface area contributed by atoms with E-state index in [1.54, 1.807) is 25.9 Å². The van der Waals surface area contributed by atoms with E-state index >= 15 is 0 Å². The average molecular weight is 668 g/mol. The molecule has 4 fully saturated rings. The lowest BCUT2D eigenvalue weighted by atomic mass is 9.42. The summed E-state index contributed by atoms with van der Waals surface area (Å²) in [5.74, 6) is -4.04. The highest BCUT2D eigenvalue weighted by Crippen LogP contribution is 2.86. The third-order valence-corrected chi connectivity index (χ3v) is 12.5. The van der Waals surface area contributed by atoms with Gasteiger partial charge >= 0.3 is 23.9 Å².